The molecule has 0 aliphatic carbocycles. The van der Waals surface area contributed by atoms with E-state index in [-0.39, 0.29) is 18.0 Å². The number of thioether (sulfide) groups is 1. The minimum atomic E-state index is -0.268. The number of cyclic esters (lactones) is 1. The number of fused-ring (bicyclic) bond motifs is 1. The van der Waals surface area contributed by atoms with Crippen LogP contribution in [0, 0.1) is 0 Å². The molecule has 3 rings (SSSR count). The topological polar surface area (TPSA) is 80.6 Å². The summed E-state index contributed by atoms with van der Waals surface area (Å²) in [6, 6.07) is 0.0000260. The highest BCUT2D eigenvalue weighted by atomic mass is 32.2. The lowest BCUT2D eigenvalue weighted by atomic mass is 10.2. The molecule has 0 aromatic carbocycles. The Morgan fingerprint density at radius 2 is 2.40 bits per heavy atom. The zero-order valence-corrected chi connectivity index (χ0v) is 11.9. The summed E-state index contributed by atoms with van der Waals surface area (Å²) in [4.78, 5) is 27.0. The van der Waals surface area contributed by atoms with E-state index in [1.807, 2.05) is 7.05 Å². The van der Waals surface area contributed by atoms with Crippen molar-refractivity contribution >= 4 is 23.8 Å². The van der Waals surface area contributed by atoms with Crippen LogP contribution in [0.1, 0.15) is 0 Å². The lowest BCUT2D eigenvalue weighted by molar-refractivity contribution is -0.130. The van der Waals surface area contributed by atoms with E-state index >= 15 is 0 Å². The lowest BCUT2D eigenvalue weighted by Gasteiger charge is -2.35. The Morgan fingerprint density at radius 3 is 3.15 bits per heavy atom. The number of nitrogens with zero attached hydrogens (tertiary/aromatic N) is 5. The molecular formula is C11H15N5O3S. The molecule has 2 aliphatic rings. The standard InChI is InChI=1S/C11H15N5O3S/c1-14-7-12-13-10(14)20-6-9(17)15-2-3-16-8(4-15)5-19-11(16)18/h7-8H,2-6H2,1H3. The van der Waals surface area contributed by atoms with Crippen molar-refractivity contribution in [3.05, 3.63) is 6.33 Å². The first kappa shape index (κ1) is 13.2. The van der Waals surface area contributed by atoms with E-state index in [0.717, 1.165) is 5.16 Å². The first-order valence-corrected chi connectivity index (χ1v) is 7.31. The van der Waals surface area contributed by atoms with Gasteiger partial charge in [-0.2, -0.15) is 0 Å². The third-order valence-corrected chi connectivity index (χ3v) is 4.48. The highest BCUT2D eigenvalue weighted by Crippen LogP contribution is 2.20. The second kappa shape index (κ2) is 5.31. The fourth-order valence-electron chi connectivity index (χ4n) is 2.34. The van der Waals surface area contributed by atoms with E-state index in [9.17, 15) is 9.59 Å². The number of amides is 2. The maximum atomic E-state index is 12.2. The number of aromatic nitrogens is 3. The molecule has 0 spiro atoms. The lowest BCUT2D eigenvalue weighted by Crippen LogP contribution is -2.54. The number of hydrogen-bond acceptors (Lipinski definition) is 6. The van der Waals surface area contributed by atoms with Gasteiger partial charge in [-0.05, 0) is 0 Å². The number of carbonyl (C=O) groups excluding carboxylic acids is 2. The molecular weight excluding hydrogens is 282 g/mol. The summed E-state index contributed by atoms with van der Waals surface area (Å²) >= 11 is 1.37. The van der Waals surface area contributed by atoms with Gasteiger partial charge in [-0.25, -0.2) is 4.79 Å². The Bertz CT molecular complexity index is 534. The summed E-state index contributed by atoms with van der Waals surface area (Å²) in [5, 5.41) is 8.42. The van der Waals surface area contributed by atoms with Crippen LogP contribution in [0.25, 0.3) is 0 Å². The summed E-state index contributed by atoms with van der Waals surface area (Å²) in [5.74, 6) is 0.380. The molecule has 1 aromatic rings. The summed E-state index contributed by atoms with van der Waals surface area (Å²) in [7, 11) is 1.84. The van der Waals surface area contributed by atoms with E-state index in [1.54, 1.807) is 20.7 Å². The second-order valence-electron chi connectivity index (χ2n) is 4.78. The Morgan fingerprint density at radius 1 is 1.55 bits per heavy atom. The molecule has 3 heterocycles. The fraction of sp³-hybridized carbons (Fsp3) is 0.636. The van der Waals surface area contributed by atoms with Gasteiger partial charge in [0.05, 0.1) is 11.8 Å². The zero-order valence-electron chi connectivity index (χ0n) is 11.1. The van der Waals surface area contributed by atoms with Crippen LogP contribution in [0.15, 0.2) is 11.5 Å². The number of rotatable bonds is 3. The zero-order chi connectivity index (χ0) is 14.1. The van der Waals surface area contributed by atoms with Crippen LogP contribution in [0.5, 0.6) is 0 Å². The first-order valence-electron chi connectivity index (χ1n) is 6.33. The van der Waals surface area contributed by atoms with Crippen LogP contribution in [0.4, 0.5) is 4.79 Å². The molecule has 1 unspecified atom stereocenters. The minimum absolute atomic E-state index is 0.0000260. The molecule has 1 aromatic heterocycles. The van der Waals surface area contributed by atoms with E-state index in [4.69, 9.17) is 4.74 Å². The smallest absolute Gasteiger partial charge is 0.410 e. The van der Waals surface area contributed by atoms with Gasteiger partial charge in [0.2, 0.25) is 5.91 Å². The molecule has 1 atom stereocenters. The molecule has 0 N–H and O–H groups in total. The average molecular weight is 297 g/mol. The molecule has 0 radical (unpaired) electrons. The van der Waals surface area contributed by atoms with Gasteiger partial charge in [0, 0.05) is 26.7 Å². The Hall–Kier alpha value is -1.77. The number of ether oxygens (including phenoxy) is 1. The maximum Gasteiger partial charge on any atom is 0.410 e. The average Bonchev–Trinajstić information content (AvgIpc) is 3.02. The molecule has 9 heteroatoms. The van der Waals surface area contributed by atoms with Crippen molar-refractivity contribution < 1.29 is 14.3 Å². The second-order valence-corrected chi connectivity index (χ2v) is 5.72. The highest BCUT2D eigenvalue weighted by molar-refractivity contribution is 7.99. The van der Waals surface area contributed by atoms with Crippen LogP contribution in [0.2, 0.25) is 0 Å². The minimum Gasteiger partial charge on any atom is -0.447 e. The van der Waals surface area contributed by atoms with Gasteiger partial charge in [0.1, 0.15) is 12.9 Å². The van der Waals surface area contributed by atoms with Gasteiger partial charge in [-0.15, -0.1) is 10.2 Å². The molecule has 8 nitrogen and oxygen atoms in total. The van der Waals surface area contributed by atoms with Crippen LogP contribution < -0.4 is 0 Å². The molecule has 0 saturated carbocycles. The third kappa shape index (κ3) is 2.45. The maximum absolute atomic E-state index is 12.2. The number of carbonyl (C=O) groups is 2. The number of piperazine rings is 1. The van der Waals surface area contributed by atoms with Gasteiger partial charge in [-0.1, -0.05) is 11.8 Å². The molecule has 20 heavy (non-hydrogen) atoms. The van der Waals surface area contributed by atoms with Crippen molar-refractivity contribution in [2.45, 2.75) is 11.2 Å². The predicted octanol–water partition coefficient (Wildman–Crippen LogP) is -0.430. The highest BCUT2D eigenvalue weighted by Gasteiger charge is 2.38. The van der Waals surface area contributed by atoms with Gasteiger partial charge < -0.3 is 14.2 Å². The van der Waals surface area contributed by atoms with Crippen LogP contribution in [-0.2, 0) is 16.6 Å². The van der Waals surface area contributed by atoms with Crippen LogP contribution in [0.3, 0.4) is 0 Å². The molecule has 108 valence electrons. The fourth-order valence-corrected chi connectivity index (χ4v) is 3.13. The van der Waals surface area contributed by atoms with Crippen molar-refractivity contribution in [1.29, 1.82) is 0 Å². The quantitative estimate of drug-likeness (QED) is 0.704. The van der Waals surface area contributed by atoms with Crippen molar-refractivity contribution in [3.63, 3.8) is 0 Å². The Labute approximate surface area is 120 Å². The van der Waals surface area contributed by atoms with Gasteiger partial charge >= 0.3 is 6.09 Å². The summed E-state index contributed by atoms with van der Waals surface area (Å²) < 4.78 is 6.76. The van der Waals surface area contributed by atoms with Crippen molar-refractivity contribution in [3.8, 4) is 0 Å². The summed E-state index contributed by atoms with van der Waals surface area (Å²) in [5.41, 5.74) is 0. The molecule has 0 bridgehead atoms. The monoisotopic (exact) mass is 297 g/mol. The van der Waals surface area contributed by atoms with Crippen molar-refractivity contribution in [2.75, 3.05) is 32.0 Å². The van der Waals surface area contributed by atoms with Gasteiger partial charge in [0.15, 0.2) is 5.16 Å². The van der Waals surface area contributed by atoms with E-state index in [0.29, 0.717) is 32.0 Å². The van der Waals surface area contributed by atoms with Gasteiger partial charge in [-0.3, -0.25) is 9.69 Å². The van der Waals surface area contributed by atoms with E-state index in [2.05, 4.69) is 10.2 Å². The first-order chi connectivity index (χ1) is 9.65. The summed E-state index contributed by atoms with van der Waals surface area (Å²) in [6.45, 7) is 2.02. The number of aryl methyl sites for hydroxylation is 1. The Balaban J connectivity index is 1.53. The normalized spacial score (nSPS) is 21.9. The largest absolute Gasteiger partial charge is 0.447 e. The molecule has 2 fully saturated rings. The predicted molar refractivity (Wildman–Crippen MR) is 70.1 cm³/mol. The third-order valence-electron chi connectivity index (χ3n) is 3.46. The van der Waals surface area contributed by atoms with Crippen LogP contribution >= 0.6 is 11.8 Å². The summed E-state index contributed by atoms with van der Waals surface area (Å²) in [6.07, 6.45) is 1.34. The Kier molecular flexibility index (Phi) is 3.51. The van der Waals surface area contributed by atoms with E-state index < -0.39 is 0 Å². The van der Waals surface area contributed by atoms with Crippen LogP contribution in [-0.4, -0.2) is 74.6 Å². The van der Waals surface area contributed by atoms with Gasteiger partial charge in [0.25, 0.3) is 0 Å². The SMILES string of the molecule is Cn1cnnc1SCC(=O)N1CCN2C(=O)OCC2C1. The van der Waals surface area contributed by atoms with E-state index in [1.165, 1.54) is 11.8 Å². The number of hydrogen-bond donors (Lipinski definition) is 0. The van der Waals surface area contributed by atoms with Crippen molar-refractivity contribution in [1.82, 2.24) is 24.6 Å². The molecule has 2 saturated heterocycles. The molecule has 2 aliphatic heterocycles. The van der Waals surface area contributed by atoms with Crippen molar-refractivity contribution in [2.24, 2.45) is 7.05 Å². The molecule has 2 amide bonds.